The van der Waals surface area contributed by atoms with Gasteiger partial charge < -0.3 is 19.1 Å². The number of nitrogens with one attached hydrogen (secondary N) is 1. The topological polar surface area (TPSA) is 89.4 Å². The van der Waals surface area contributed by atoms with E-state index in [0.717, 1.165) is 5.69 Å². The van der Waals surface area contributed by atoms with Crippen LogP contribution in [0, 0.1) is 18.6 Å². The first kappa shape index (κ1) is 24.4. The average molecular weight is 498 g/mol. The summed E-state index contributed by atoms with van der Waals surface area (Å²) in [5, 5.41) is 17.5. The highest BCUT2D eigenvalue weighted by Crippen LogP contribution is 2.48. The van der Waals surface area contributed by atoms with Gasteiger partial charge in [-0.05, 0) is 55.7 Å². The molecule has 1 saturated heterocycles. The minimum Gasteiger partial charge on any atom is -0.479 e. The lowest BCUT2D eigenvalue weighted by molar-refractivity contribution is -0.157. The lowest BCUT2D eigenvalue weighted by atomic mass is 9.80. The molecule has 0 radical (unpaired) electrons. The van der Waals surface area contributed by atoms with E-state index in [1.807, 2.05) is 24.5 Å². The average Bonchev–Trinajstić information content (AvgIpc) is 3.52. The highest BCUT2D eigenvalue weighted by atomic mass is 19.1. The molecule has 1 aliphatic rings. The molecule has 1 fully saturated rings. The first-order chi connectivity index (χ1) is 17.0. The quantitative estimate of drug-likeness (QED) is 0.374. The fourth-order valence-corrected chi connectivity index (χ4v) is 5.57. The molecule has 3 heterocycles. The van der Waals surface area contributed by atoms with E-state index in [9.17, 15) is 14.3 Å². The van der Waals surface area contributed by atoms with Crippen LogP contribution in [0.25, 0.3) is 27.5 Å². The maximum atomic E-state index is 16.3. The molecule has 2 aromatic heterocycles. The smallest absolute Gasteiger partial charge is 0.335 e. The Kier molecular flexibility index (Phi) is 5.68. The van der Waals surface area contributed by atoms with Gasteiger partial charge in [-0.1, -0.05) is 13.8 Å². The van der Waals surface area contributed by atoms with Crippen LogP contribution in [0.4, 0.5) is 8.78 Å². The minimum absolute atomic E-state index is 0.126. The van der Waals surface area contributed by atoms with Crippen LogP contribution in [-0.4, -0.2) is 51.8 Å². The van der Waals surface area contributed by atoms with Crippen LogP contribution in [0.3, 0.4) is 0 Å². The second-order valence-electron chi connectivity index (χ2n) is 10.5. The number of methoxy groups -OCH3 is 1. The standard InChI is InChI=1S/C27H29F2N3O4/c1-14-8-17(6-7-18(14)28)32-19-9-15-11-30-31-23(15)22(29)21(19)20(24(32)26(2,3)13-35-5)16-10-27(4,25(33)34)36-12-16/h6-9,11,16H,10,12-13H2,1-5H3,(H,30,31)(H,33,34)/t16?,27-/m0/s1. The predicted octanol–water partition coefficient (Wildman–Crippen LogP) is 5.36. The summed E-state index contributed by atoms with van der Waals surface area (Å²) in [4.78, 5) is 12.0. The Morgan fingerprint density at radius 2 is 2.11 bits per heavy atom. The number of hydrogen-bond acceptors (Lipinski definition) is 4. The number of hydrogen-bond donors (Lipinski definition) is 2. The van der Waals surface area contributed by atoms with Gasteiger partial charge in [-0.15, -0.1) is 0 Å². The van der Waals surface area contributed by atoms with E-state index in [1.165, 1.54) is 6.07 Å². The normalized spacial score (nSPS) is 20.6. The molecular weight excluding hydrogens is 468 g/mol. The fourth-order valence-electron chi connectivity index (χ4n) is 5.57. The van der Waals surface area contributed by atoms with E-state index in [1.54, 1.807) is 39.3 Å². The number of rotatable bonds is 6. The second-order valence-corrected chi connectivity index (χ2v) is 10.5. The van der Waals surface area contributed by atoms with Gasteiger partial charge in [-0.2, -0.15) is 5.10 Å². The van der Waals surface area contributed by atoms with Gasteiger partial charge in [0.05, 0.1) is 24.9 Å². The summed E-state index contributed by atoms with van der Waals surface area (Å²) in [6.45, 7) is 7.67. The molecule has 2 atom stereocenters. The Morgan fingerprint density at radius 3 is 2.75 bits per heavy atom. The molecule has 2 aromatic carbocycles. The van der Waals surface area contributed by atoms with Crippen LogP contribution >= 0.6 is 0 Å². The number of halogens is 2. The molecule has 0 spiro atoms. The number of carbonyl (C=O) groups is 1. The molecule has 2 N–H and O–H groups in total. The van der Waals surface area contributed by atoms with Gasteiger partial charge in [0.15, 0.2) is 11.4 Å². The predicted molar refractivity (Wildman–Crippen MR) is 132 cm³/mol. The molecule has 36 heavy (non-hydrogen) atoms. The molecule has 0 amide bonds. The van der Waals surface area contributed by atoms with Crippen molar-refractivity contribution in [3.63, 3.8) is 0 Å². The lowest BCUT2D eigenvalue weighted by Gasteiger charge is -2.29. The zero-order valence-electron chi connectivity index (χ0n) is 20.9. The SMILES string of the molecule is COCC(C)(C)c1c(C2CO[C@](C)(C(=O)O)C2)c2c(F)c3[nH]ncc3cc2n1-c1ccc(F)c(C)c1. The number of H-pyrrole nitrogens is 1. The maximum absolute atomic E-state index is 16.3. The van der Waals surface area contributed by atoms with Crippen molar-refractivity contribution in [2.24, 2.45) is 0 Å². The Labute approximate surface area is 207 Å². The summed E-state index contributed by atoms with van der Waals surface area (Å²) in [5.74, 6) is -2.25. The molecule has 4 aromatic rings. The highest BCUT2D eigenvalue weighted by Gasteiger charge is 2.46. The molecule has 0 aliphatic carbocycles. The minimum atomic E-state index is -1.39. The number of carboxylic acids is 1. The van der Waals surface area contributed by atoms with E-state index < -0.39 is 28.7 Å². The van der Waals surface area contributed by atoms with Gasteiger partial charge in [0, 0.05) is 40.6 Å². The van der Waals surface area contributed by atoms with Gasteiger partial charge in [0.1, 0.15) is 11.3 Å². The molecule has 5 rings (SSSR count). The van der Waals surface area contributed by atoms with Crippen molar-refractivity contribution in [3.05, 3.63) is 58.9 Å². The number of aryl methyl sites for hydroxylation is 1. The van der Waals surface area contributed by atoms with E-state index in [-0.39, 0.29) is 24.4 Å². The van der Waals surface area contributed by atoms with Crippen molar-refractivity contribution in [1.29, 1.82) is 0 Å². The zero-order chi connectivity index (χ0) is 26.0. The third-order valence-electron chi connectivity index (χ3n) is 7.29. The molecule has 1 unspecified atom stereocenters. The van der Waals surface area contributed by atoms with Crippen LogP contribution in [0.15, 0.2) is 30.5 Å². The van der Waals surface area contributed by atoms with Gasteiger partial charge in [0.25, 0.3) is 0 Å². The van der Waals surface area contributed by atoms with Gasteiger partial charge in [0.2, 0.25) is 0 Å². The van der Waals surface area contributed by atoms with Crippen molar-refractivity contribution >= 4 is 27.8 Å². The molecule has 9 heteroatoms. The zero-order valence-corrected chi connectivity index (χ0v) is 20.9. The number of aromatic nitrogens is 3. The number of benzene rings is 2. The van der Waals surface area contributed by atoms with Gasteiger partial charge >= 0.3 is 5.97 Å². The number of fused-ring (bicyclic) bond motifs is 2. The van der Waals surface area contributed by atoms with Crippen molar-refractivity contribution in [1.82, 2.24) is 14.8 Å². The first-order valence-corrected chi connectivity index (χ1v) is 11.8. The van der Waals surface area contributed by atoms with E-state index in [0.29, 0.717) is 39.7 Å². The van der Waals surface area contributed by atoms with Crippen LogP contribution in [0.5, 0.6) is 0 Å². The van der Waals surface area contributed by atoms with Gasteiger partial charge in [-0.25, -0.2) is 13.6 Å². The molecular formula is C27H29F2N3O4. The van der Waals surface area contributed by atoms with E-state index in [2.05, 4.69) is 10.2 Å². The summed E-state index contributed by atoms with van der Waals surface area (Å²) in [6, 6.07) is 6.66. The number of ether oxygens (including phenoxy) is 2. The third-order valence-corrected chi connectivity index (χ3v) is 7.29. The first-order valence-electron chi connectivity index (χ1n) is 11.8. The van der Waals surface area contributed by atoms with E-state index in [4.69, 9.17) is 9.47 Å². The monoisotopic (exact) mass is 497 g/mol. The van der Waals surface area contributed by atoms with E-state index >= 15 is 4.39 Å². The Hall–Kier alpha value is -3.30. The van der Waals surface area contributed by atoms with Crippen LogP contribution in [0.2, 0.25) is 0 Å². The number of carboxylic acid groups (broad SMARTS) is 1. The highest BCUT2D eigenvalue weighted by molar-refractivity contribution is 6.00. The molecule has 0 saturated carbocycles. The molecule has 190 valence electrons. The number of aliphatic carboxylic acids is 1. The van der Waals surface area contributed by atoms with Crippen molar-refractivity contribution in [2.45, 2.75) is 51.0 Å². The molecule has 0 bridgehead atoms. The maximum Gasteiger partial charge on any atom is 0.335 e. The molecule has 7 nitrogen and oxygen atoms in total. The Balaban J connectivity index is 1.93. The summed E-state index contributed by atoms with van der Waals surface area (Å²) in [5.41, 5.74) is 1.43. The van der Waals surface area contributed by atoms with Crippen LogP contribution in [0.1, 0.15) is 49.9 Å². The lowest BCUT2D eigenvalue weighted by Crippen LogP contribution is -2.34. The van der Waals surface area contributed by atoms with Crippen LogP contribution < -0.4 is 0 Å². The number of aromatic amines is 1. The fraction of sp³-hybridized carbons (Fsp3) is 0.407. The largest absolute Gasteiger partial charge is 0.479 e. The Morgan fingerprint density at radius 1 is 1.36 bits per heavy atom. The Bertz CT molecular complexity index is 1510. The second kappa shape index (κ2) is 8.38. The third kappa shape index (κ3) is 3.60. The van der Waals surface area contributed by atoms with Crippen molar-refractivity contribution in [3.8, 4) is 5.69 Å². The summed E-state index contributed by atoms with van der Waals surface area (Å²) in [6.07, 6.45) is 1.74. The van der Waals surface area contributed by atoms with Crippen LogP contribution in [-0.2, 0) is 19.7 Å². The number of nitrogens with zero attached hydrogens (tertiary/aromatic N) is 2. The summed E-state index contributed by atoms with van der Waals surface area (Å²) < 4.78 is 43.8. The van der Waals surface area contributed by atoms with Crippen molar-refractivity contribution in [2.75, 3.05) is 20.3 Å². The van der Waals surface area contributed by atoms with Crippen molar-refractivity contribution < 1.29 is 28.2 Å². The molecule has 1 aliphatic heterocycles. The van der Waals surface area contributed by atoms with Gasteiger partial charge in [-0.3, -0.25) is 5.10 Å². The summed E-state index contributed by atoms with van der Waals surface area (Å²) >= 11 is 0. The summed E-state index contributed by atoms with van der Waals surface area (Å²) in [7, 11) is 1.60.